The molecule has 0 spiro atoms. The van der Waals surface area contributed by atoms with Gasteiger partial charge in [0.25, 0.3) is 10.0 Å². The number of hydrogen-bond donors (Lipinski definition) is 0. The van der Waals surface area contributed by atoms with E-state index < -0.39 is 21.9 Å². The summed E-state index contributed by atoms with van der Waals surface area (Å²) in [6.45, 7) is 1.82. The molecule has 3 aromatic rings. The van der Waals surface area contributed by atoms with Gasteiger partial charge in [-0.1, -0.05) is 30.3 Å². The maximum absolute atomic E-state index is 13.4. The van der Waals surface area contributed by atoms with Crippen molar-refractivity contribution >= 4 is 15.7 Å². The lowest BCUT2D eigenvalue weighted by Crippen LogP contribution is -2.33. The van der Waals surface area contributed by atoms with E-state index in [1.54, 1.807) is 43.5 Å². The summed E-state index contributed by atoms with van der Waals surface area (Å²) >= 11 is 0. The van der Waals surface area contributed by atoms with Crippen LogP contribution in [0.15, 0.2) is 83.8 Å². The van der Waals surface area contributed by atoms with Crippen molar-refractivity contribution in [3.8, 4) is 5.75 Å². The first-order valence-electron chi connectivity index (χ1n) is 8.42. The maximum Gasteiger partial charge on any atom is 0.264 e. The van der Waals surface area contributed by atoms with Crippen molar-refractivity contribution in [2.75, 3.05) is 11.4 Å². The molecule has 0 amide bonds. The van der Waals surface area contributed by atoms with E-state index in [1.165, 1.54) is 16.4 Å². The van der Waals surface area contributed by atoms with Gasteiger partial charge in [-0.3, -0.25) is 4.31 Å². The molecule has 0 N–H and O–H groups in total. The van der Waals surface area contributed by atoms with Gasteiger partial charge in [-0.2, -0.15) is 0 Å². The van der Waals surface area contributed by atoms with Gasteiger partial charge in [0.15, 0.2) is 0 Å². The first kappa shape index (κ1) is 18.9. The van der Waals surface area contributed by atoms with Crippen LogP contribution in [-0.4, -0.2) is 15.5 Å². The summed E-state index contributed by atoms with van der Waals surface area (Å²) in [5.41, 5.74) is 1.34. The highest BCUT2D eigenvalue weighted by molar-refractivity contribution is 7.92. The number of rotatable bonds is 6. The largest absolute Gasteiger partial charge is 0.497 e. The second-order valence-corrected chi connectivity index (χ2v) is 7.85. The fourth-order valence-corrected chi connectivity index (χ4v) is 4.53. The fraction of sp³-hybridized carbons (Fsp3) is 0.143. The van der Waals surface area contributed by atoms with E-state index in [-0.39, 0.29) is 4.90 Å². The molecular weight excluding hydrogens is 365 g/mol. The van der Waals surface area contributed by atoms with Crippen molar-refractivity contribution in [3.63, 3.8) is 0 Å². The Hall–Kier alpha value is -2.86. The average molecular weight is 385 g/mol. The molecule has 140 valence electrons. The minimum atomic E-state index is -3.90. The van der Waals surface area contributed by atoms with E-state index >= 15 is 0 Å². The number of halogens is 1. The molecule has 0 aliphatic rings. The minimum Gasteiger partial charge on any atom is -0.497 e. The van der Waals surface area contributed by atoms with Gasteiger partial charge in [0.1, 0.15) is 11.6 Å². The third-order valence-electron chi connectivity index (χ3n) is 4.33. The Kier molecular flexibility index (Phi) is 5.46. The number of methoxy groups -OCH3 is 1. The zero-order valence-electron chi connectivity index (χ0n) is 15.0. The van der Waals surface area contributed by atoms with Crippen molar-refractivity contribution in [1.29, 1.82) is 0 Å². The maximum atomic E-state index is 13.4. The zero-order valence-corrected chi connectivity index (χ0v) is 15.9. The summed E-state index contributed by atoms with van der Waals surface area (Å²) in [6.07, 6.45) is 0. The molecule has 1 atom stereocenters. The summed E-state index contributed by atoms with van der Waals surface area (Å²) in [7, 11) is -2.32. The molecule has 0 aliphatic heterocycles. The first-order chi connectivity index (χ1) is 12.9. The molecule has 6 heteroatoms. The predicted molar refractivity (Wildman–Crippen MR) is 104 cm³/mol. The predicted octanol–water partition coefficient (Wildman–Crippen LogP) is 4.79. The Morgan fingerprint density at radius 3 is 2.04 bits per heavy atom. The van der Waals surface area contributed by atoms with Gasteiger partial charge in [0, 0.05) is 0 Å². The summed E-state index contributed by atoms with van der Waals surface area (Å²) in [5, 5.41) is 0. The SMILES string of the molecule is COc1ccc(C(C)N(c2ccccc2)S(=O)(=O)c2ccc(F)cc2)cc1. The van der Waals surface area contributed by atoms with Crippen molar-refractivity contribution in [2.45, 2.75) is 17.9 Å². The van der Waals surface area contributed by atoms with Crippen LogP contribution in [0.4, 0.5) is 10.1 Å². The van der Waals surface area contributed by atoms with E-state index in [0.717, 1.165) is 17.7 Å². The molecule has 0 saturated heterocycles. The highest BCUT2D eigenvalue weighted by Crippen LogP contribution is 2.33. The van der Waals surface area contributed by atoms with Crippen molar-refractivity contribution in [2.24, 2.45) is 0 Å². The molecule has 3 rings (SSSR count). The number of anilines is 1. The van der Waals surface area contributed by atoms with Gasteiger partial charge in [0.2, 0.25) is 0 Å². The number of nitrogens with zero attached hydrogens (tertiary/aromatic N) is 1. The van der Waals surface area contributed by atoms with Crippen LogP contribution in [-0.2, 0) is 10.0 Å². The molecular formula is C21H20FNO3S. The molecule has 0 radical (unpaired) electrons. The smallest absolute Gasteiger partial charge is 0.264 e. The first-order valence-corrected chi connectivity index (χ1v) is 9.86. The van der Waals surface area contributed by atoms with Crippen LogP contribution in [0.1, 0.15) is 18.5 Å². The minimum absolute atomic E-state index is 0.0353. The van der Waals surface area contributed by atoms with E-state index in [2.05, 4.69) is 0 Å². The lowest BCUT2D eigenvalue weighted by Gasteiger charge is -2.31. The number of hydrogen-bond acceptors (Lipinski definition) is 3. The van der Waals surface area contributed by atoms with E-state index in [0.29, 0.717) is 11.4 Å². The standard InChI is InChI=1S/C21H20FNO3S/c1-16(17-8-12-20(26-2)13-9-17)23(19-6-4-3-5-7-19)27(24,25)21-14-10-18(22)11-15-21/h3-16H,1-2H3. The molecule has 0 fully saturated rings. The molecule has 27 heavy (non-hydrogen) atoms. The Morgan fingerprint density at radius 1 is 0.889 bits per heavy atom. The van der Waals surface area contributed by atoms with E-state index in [1.807, 2.05) is 25.1 Å². The van der Waals surface area contributed by atoms with E-state index in [9.17, 15) is 12.8 Å². The Labute approximate surface area is 158 Å². The van der Waals surface area contributed by atoms with Crippen LogP contribution in [0.2, 0.25) is 0 Å². The van der Waals surface area contributed by atoms with Crippen molar-refractivity contribution < 1.29 is 17.5 Å². The van der Waals surface area contributed by atoms with Gasteiger partial charge in [0.05, 0.1) is 23.7 Å². The highest BCUT2D eigenvalue weighted by Gasteiger charge is 2.30. The number of ether oxygens (including phenoxy) is 1. The monoisotopic (exact) mass is 385 g/mol. The van der Waals surface area contributed by atoms with Gasteiger partial charge >= 0.3 is 0 Å². The van der Waals surface area contributed by atoms with Crippen LogP contribution in [0, 0.1) is 5.82 Å². The summed E-state index contributed by atoms with van der Waals surface area (Å²) < 4.78 is 46.5. The third kappa shape index (κ3) is 3.95. The second-order valence-electron chi connectivity index (χ2n) is 6.04. The molecule has 0 heterocycles. The van der Waals surface area contributed by atoms with Crippen molar-refractivity contribution in [3.05, 3.63) is 90.2 Å². The van der Waals surface area contributed by atoms with Gasteiger partial charge in [-0.05, 0) is 61.0 Å². The Balaban J connectivity index is 2.09. The van der Waals surface area contributed by atoms with E-state index in [4.69, 9.17) is 4.74 Å². The molecule has 0 aromatic heterocycles. The van der Waals surface area contributed by atoms with Gasteiger partial charge in [-0.25, -0.2) is 12.8 Å². The Bertz CT molecular complexity index is 988. The normalized spacial score (nSPS) is 12.4. The molecule has 0 saturated carbocycles. The lowest BCUT2D eigenvalue weighted by atomic mass is 10.1. The number of para-hydroxylation sites is 1. The molecule has 1 unspecified atom stereocenters. The van der Waals surface area contributed by atoms with Crippen LogP contribution < -0.4 is 9.04 Å². The summed E-state index contributed by atoms with van der Waals surface area (Å²) in [5.74, 6) is 0.210. The number of benzene rings is 3. The zero-order chi connectivity index (χ0) is 19.4. The molecule has 3 aromatic carbocycles. The third-order valence-corrected chi connectivity index (χ3v) is 6.24. The van der Waals surface area contributed by atoms with Gasteiger partial charge in [-0.15, -0.1) is 0 Å². The summed E-state index contributed by atoms with van der Waals surface area (Å²) in [4.78, 5) is 0.0353. The van der Waals surface area contributed by atoms with Crippen molar-refractivity contribution in [1.82, 2.24) is 0 Å². The van der Waals surface area contributed by atoms with Crippen LogP contribution >= 0.6 is 0 Å². The van der Waals surface area contributed by atoms with Crippen LogP contribution in [0.3, 0.4) is 0 Å². The highest BCUT2D eigenvalue weighted by atomic mass is 32.2. The van der Waals surface area contributed by atoms with Crippen LogP contribution in [0.5, 0.6) is 5.75 Å². The quantitative estimate of drug-likeness (QED) is 0.613. The lowest BCUT2D eigenvalue weighted by molar-refractivity contribution is 0.414. The number of sulfonamides is 1. The van der Waals surface area contributed by atoms with Crippen LogP contribution in [0.25, 0.3) is 0 Å². The Morgan fingerprint density at radius 2 is 1.48 bits per heavy atom. The second kappa shape index (κ2) is 7.80. The summed E-state index contributed by atoms with van der Waals surface area (Å²) in [6, 6.07) is 20.5. The molecule has 0 bridgehead atoms. The van der Waals surface area contributed by atoms with Gasteiger partial charge < -0.3 is 4.74 Å². The fourth-order valence-electron chi connectivity index (χ4n) is 2.88. The molecule has 0 aliphatic carbocycles. The topological polar surface area (TPSA) is 46.6 Å². The average Bonchev–Trinajstić information content (AvgIpc) is 2.69. The molecule has 4 nitrogen and oxygen atoms in total.